The van der Waals surface area contributed by atoms with Gasteiger partial charge < -0.3 is 9.32 Å². The Morgan fingerprint density at radius 2 is 2.22 bits per heavy atom. The maximum absolute atomic E-state index is 12.5. The molecular formula is C20H22N4O2S. The lowest BCUT2D eigenvalue weighted by atomic mass is 10.1. The van der Waals surface area contributed by atoms with Crippen molar-refractivity contribution in [2.75, 3.05) is 6.54 Å². The quantitative estimate of drug-likeness (QED) is 0.655. The van der Waals surface area contributed by atoms with Gasteiger partial charge in [0, 0.05) is 43.6 Å². The molecule has 0 saturated heterocycles. The van der Waals surface area contributed by atoms with Crippen LogP contribution in [0.1, 0.15) is 40.0 Å². The third-order valence-electron chi connectivity index (χ3n) is 4.74. The molecule has 0 radical (unpaired) electrons. The lowest BCUT2D eigenvalue weighted by Crippen LogP contribution is -2.35. The summed E-state index contributed by atoms with van der Waals surface area (Å²) in [4.78, 5) is 27.6. The van der Waals surface area contributed by atoms with Gasteiger partial charge in [0.05, 0.1) is 17.2 Å². The van der Waals surface area contributed by atoms with Crippen LogP contribution in [0.5, 0.6) is 0 Å². The van der Waals surface area contributed by atoms with Gasteiger partial charge in [-0.2, -0.15) is 0 Å². The molecule has 3 aromatic heterocycles. The highest BCUT2D eigenvalue weighted by atomic mass is 32.1. The van der Waals surface area contributed by atoms with E-state index in [9.17, 15) is 4.79 Å². The van der Waals surface area contributed by atoms with Crippen LogP contribution < -0.4 is 0 Å². The largest absolute Gasteiger partial charge is 0.445 e. The summed E-state index contributed by atoms with van der Waals surface area (Å²) < 4.78 is 5.91. The summed E-state index contributed by atoms with van der Waals surface area (Å²) >= 11 is 1.63. The molecule has 140 valence electrons. The van der Waals surface area contributed by atoms with E-state index >= 15 is 0 Å². The molecule has 4 heterocycles. The molecule has 3 aromatic rings. The summed E-state index contributed by atoms with van der Waals surface area (Å²) in [7, 11) is 0. The van der Waals surface area contributed by atoms with E-state index in [0.717, 1.165) is 47.3 Å². The second-order valence-corrected chi connectivity index (χ2v) is 7.82. The minimum absolute atomic E-state index is 0.159. The lowest BCUT2D eigenvalue weighted by Gasteiger charge is -2.25. The number of hydrogen-bond acceptors (Lipinski definition) is 6. The zero-order valence-electron chi connectivity index (χ0n) is 15.4. The maximum Gasteiger partial charge on any atom is 0.223 e. The van der Waals surface area contributed by atoms with E-state index in [1.165, 1.54) is 5.56 Å². The van der Waals surface area contributed by atoms with Crippen LogP contribution in [0.15, 0.2) is 34.3 Å². The van der Waals surface area contributed by atoms with Crippen LogP contribution in [-0.4, -0.2) is 32.3 Å². The van der Waals surface area contributed by atoms with Gasteiger partial charge in [0.25, 0.3) is 0 Å². The fourth-order valence-electron chi connectivity index (χ4n) is 3.29. The third kappa shape index (κ3) is 4.42. The van der Waals surface area contributed by atoms with E-state index in [1.54, 1.807) is 17.5 Å². The van der Waals surface area contributed by atoms with Gasteiger partial charge in [-0.1, -0.05) is 6.07 Å². The highest BCUT2D eigenvalue weighted by molar-refractivity contribution is 7.09. The molecule has 4 rings (SSSR count). The van der Waals surface area contributed by atoms with Crippen molar-refractivity contribution in [3.05, 3.63) is 63.5 Å². The summed E-state index contributed by atoms with van der Waals surface area (Å²) in [6.45, 7) is 3.22. The van der Waals surface area contributed by atoms with E-state index in [2.05, 4.69) is 21.0 Å². The smallest absolute Gasteiger partial charge is 0.223 e. The van der Waals surface area contributed by atoms with Crippen molar-refractivity contribution in [1.82, 2.24) is 19.9 Å². The van der Waals surface area contributed by atoms with E-state index in [1.807, 2.05) is 29.5 Å². The first kappa shape index (κ1) is 17.9. The molecule has 0 atom stereocenters. The van der Waals surface area contributed by atoms with E-state index < -0.39 is 0 Å². The van der Waals surface area contributed by atoms with Gasteiger partial charge in [-0.05, 0) is 31.4 Å². The second kappa shape index (κ2) is 8.00. The zero-order chi connectivity index (χ0) is 18.6. The van der Waals surface area contributed by atoms with Gasteiger partial charge in [-0.15, -0.1) is 11.3 Å². The molecule has 0 N–H and O–H groups in total. The third-order valence-corrected chi connectivity index (χ3v) is 5.56. The average molecular weight is 382 g/mol. The van der Waals surface area contributed by atoms with Gasteiger partial charge in [0.15, 0.2) is 5.89 Å². The SMILES string of the molecule is Cc1nc(CCC(=O)N2CCc3oc(CCc4cccnc4)nc3C2)cs1. The van der Waals surface area contributed by atoms with Crippen LogP contribution in [0, 0.1) is 6.92 Å². The number of hydrogen-bond donors (Lipinski definition) is 0. The van der Waals surface area contributed by atoms with E-state index in [0.29, 0.717) is 25.9 Å². The molecule has 7 heteroatoms. The number of aryl methyl sites for hydroxylation is 4. The van der Waals surface area contributed by atoms with Crippen molar-refractivity contribution in [1.29, 1.82) is 0 Å². The van der Waals surface area contributed by atoms with Crippen LogP contribution in [0.2, 0.25) is 0 Å². The number of amides is 1. The van der Waals surface area contributed by atoms with Crippen molar-refractivity contribution in [2.24, 2.45) is 0 Å². The predicted octanol–water partition coefficient (Wildman–Crippen LogP) is 3.14. The Bertz CT molecular complexity index is 919. The fraction of sp³-hybridized carbons (Fsp3) is 0.400. The van der Waals surface area contributed by atoms with Crippen molar-refractivity contribution in [3.63, 3.8) is 0 Å². The lowest BCUT2D eigenvalue weighted by molar-refractivity contribution is -0.132. The Kier molecular flexibility index (Phi) is 5.29. The minimum atomic E-state index is 0.159. The monoisotopic (exact) mass is 382 g/mol. The molecule has 0 saturated carbocycles. The van der Waals surface area contributed by atoms with Crippen LogP contribution in [0.3, 0.4) is 0 Å². The maximum atomic E-state index is 12.5. The van der Waals surface area contributed by atoms with Gasteiger partial charge >= 0.3 is 0 Å². The van der Waals surface area contributed by atoms with E-state index in [-0.39, 0.29) is 5.91 Å². The molecule has 0 spiro atoms. The zero-order valence-corrected chi connectivity index (χ0v) is 16.2. The minimum Gasteiger partial charge on any atom is -0.445 e. The molecule has 6 nitrogen and oxygen atoms in total. The predicted molar refractivity (Wildman–Crippen MR) is 102 cm³/mol. The first-order chi connectivity index (χ1) is 13.2. The number of thiazole rings is 1. The molecule has 0 bridgehead atoms. The topological polar surface area (TPSA) is 72.1 Å². The Balaban J connectivity index is 1.32. The normalized spacial score (nSPS) is 13.6. The second-order valence-electron chi connectivity index (χ2n) is 6.76. The number of oxazole rings is 1. The van der Waals surface area contributed by atoms with Gasteiger partial charge in [0.1, 0.15) is 11.5 Å². The van der Waals surface area contributed by atoms with Crippen LogP contribution in [0.25, 0.3) is 0 Å². The molecule has 0 unspecified atom stereocenters. The highest BCUT2D eigenvalue weighted by Gasteiger charge is 2.25. The summed E-state index contributed by atoms with van der Waals surface area (Å²) in [6.07, 6.45) is 7.16. The number of fused-ring (bicyclic) bond motifs is 1. The first-order valence-electron chi connectivity index (χ1n) is 9.22. The van der Waals surface area contributed by atoms with E-state index in [4.69, 9.17) is 4.42 Å². The molecule has 0 fully saturated rings. The fourth-order valence-corrected chi connectivity index (χ4v) is 3.93. The number of pyridine rings is 1. The number of aromatic nitrogens is 3. The van der Waals surface area contributed by atoms with Gasteiger partial charge in [-0.3, -0.25) is 9.78 Å². The Morgan fingerprint density at radius 1 is 1.30 bits per heavy atom. The summed E-state index contributed by atoms with van der Waals surface area (Å²) in [6, 6.07) is 3.99. The first-order valence-corrected chi connectivity index (χ1v) is 10.1. The van der Waals surface area contributed by atoms with Crippen molar-refractivity contribution < 1.29 is 9.21 Å². The average Bonchev–Trinajstić information content (AvgIpc) is 3.30. The standard InChI is InChI=1S/C20H22N4O2S/c1-14-22-16(13-27-14)5-7-20(25)24-10-8-18-17(12-24)23-19(26-18)6-4-15-3-2-9-21-11-15/h2-3,9,11,13H,4-8,10,12H2,1H3. The molecule has 27 heavy (non-hydrogen) atoms. The van der Waals surface area contributed by atoms with Crippen molar-refractivity contribution >= 4 is 17.2 Å². The Labute approximate surface area is 162 Å². The Hall–Kier alpha value is -2.54. The molecule has 1 aliphatic rings. The number of nitrogens with zero attached hydrogens (tertiary/aromatic N) is 4. The van der Waals surface area contributed by atoms with Crippen LogP contribution in [0.4, 0.5) is 0 Å². The molecule has 1 amide bonds. The Morgan fingerprint density at radius 3 is 3.00 bits per heavy atom. The van der Waals surface area contributed by atoms with Crippen LogP contribution >= 0.6 is 11.3 Å². The van der Waals surface area contributed by atoms with Gasteiger partial charge in [0.2, 0.25) is 5.91 Å². The summed E-state index contributed by atoms with van der Waals surface area (Å²) in [5.74, 6) is 1.83. The van der Waals surface area contributed by atoms with Gasteiger partial charge in [-0.25, -0.2) is 9.97 Å². The molecule has 1 aliphatic heterocycles. The number of carbonyl (C=O) groups excluding carboxylic acids is 1. The highest BCUT2D eigenvalue weighted by Crippen LogP contribution is 2.22. The molecule has 0 aliphatic carbocycles. The number of carbonyl (C=O) groups is 1. The number of rotatable bonds is 6. The summed E-state index contributed by atoms with van der Waals surface area (Å²) in [5.41, 5.74) is 3.07. The van der Waals surface area contributed by atoms with Crippen molar-refractivity contribution in [3.8, 4) is 0 Å². The molecule has 0 aromatic carbocycles. The molecular weight excluding hydrogens is 360 g/mol. The van der Waals surface area contributed by atoms with Crippen molar-refractivity contribution in [2.45, 2.75) is 45.6 Å². The van der Waals surface area contributed by atoms with Crippen LogP contribution in [-0.2, 0) is 37.0 Å². The summed E-state index contributed by atoms with van der Waals surface area (Å²) in [5, 5.41) is 3.07.